The van der Waals surface area contributed by atoms with Crippen molar-refractivity contribution in [1.82, 2.24) is 20.1 Å². The quantitative estimate of drug-likeness (QED) is 0.542. The van der Waals surface area contributed by atoms with Crippen LogP contribution in [0, 0.1) is 6.92 Å². The Hall–Kier alpha value is -3.29. The molecule has 2 aromatic rings. The van der Waals surface area contributed by atoms with Crippen molar-refractivity contribution in [2.75, 3.05) is 14.2 Å². The van der Waals surface area contributed by atoms with E-state index in [0.717, 1.165) is 5.56 Å². The van der Waals surface area contributed by atoms with E-state index in [1.165, 1.54) is 17.9 Å². The Labute approximate surface area is 139 Å². The second kappa shape index (κ2) is 7.32. The first-order chi connectivity index (χ1) is 11.5. The fraction of sp³-hybridized carbons (Fsp3) is 0.188. The van der Waals surface area contributed by atoms with Crippen molar-refractivity contribution in [3.05, 3.63) is 53.7 Å². The molecule has 0 aliphatic heterocycles. The topological polar surface area (TPSA) is 115 Å². The van der Waals surface area contributed by atoms with Crippen molar-refractivity contribution in [3.8, 4) is 11.4 Å². The minimum atomic E-state index is -1.14. The maximum Gasteiger partial charge on any atom is 0.356 e. The Morgan fingerprint density at radius 3 is 2.71 bits per heavy atom. The number of carboxylic acid groups (broad SMARTS) is 1. The van der Waals surface area contributed by atoms with Crippen molar-refractivity contribution >= 4 is 11.8 Å². The van der Waals surface area contributed by atoms with Crippen LogP contribution in [-0.4, -0.2) is 40.0 Å². The van der Waals surface area contributed by atoms with Crippen LogP contribution in [0.2, 0.25) is 0 Å². The minimum absolute atomic E-state index is 0.117. The van der Waals surface area contributed by atoms with Gasteiger partial charge in [0.1, 0.15) is 5.82 Å². The van der Waals surface area contributed by atoms with Gasteiger partial charge in [-0.1, -0.05) is 6.07 Å². The SMILES string of the molecule is CN/C(=C\C=C(/N)n1nc(C(=O)O)cc1-c1ccc(C)cn1)OC. The first-order valence-corrected chi connectivity index (χ1v) is 7.12. The summed E-state index contributed by atoms with van der Waals surface area (Å²) in [6.45, 7) is 1.92. The fourth-order valence-electron chi connectivity index (χ4n) is 1.97. The Morgan fingerprint density at radius 2 is 2.17 bits per heavy atom. The molecule has 0 radical (unpaired) electrons. The summed E-state index contributed by atoms with van der Waals surface area (Å²) in [4.78, 5) is 15.5. The van der Waals surface area contributed by atoms with Gasteiger partial charge in [0, 0.05) is 25.4 Å². The number of nitrogens with one attached hydrogen (secondary N) is 1. The van der Waals surface area contributed by atoms with Crippen LogP contribution < -0.4 is 11.1 Å². The van der Waals surface area contributed by atoms with E-state index in [1.54, 1.807) is 31.5 Å². The molecule has 0 spiro atoms. The van der Waals surface area contributed by atoms with E-state index in [9.17, 15) is 9.90 Å². The van der Waals surface area contributed by atoms with Crippen LogP contribution in [0.1, 0.15) is 16.1 Å². The molecule has 4 N–H and O–H groups in total. The summed E-state index contributed by atoms with van der Waals surface area (Å²) in [6, 6.07) is 5.09. The Balaban J connectivity index is 2.52. The molecule has 0 aliphatic carbocycles. The highest BCUT2D eigenvalue weighted by Crippen LogP contribution is 2.21. The second-order valence-electron chi connectivity index (χ2n) is 4.93. The van der Waals surface area contributed by atoms with E-state index >= 15 is 0 Å². The number of carboxylic acids is 1. The first-order valence-electron chi connectivity index (χ1n) is 7.12. The molecule has 2 rings (SSSR count). The van der Waals surface area contributed by atoms with Crippen LogP contribution in [0.15, 0.2) is 42.4 Å². The van der Waals surface area contributed by atoms with Crippen LogP contribution >= 0.6 is 0 Å². The van der Waals surface area contributed by atoms with Crippen LogP contribution in [0.25, 0.3) is 17.2 Å². The van der Waals surface area contributed by atoms with Crippen molar-refractivity contribution in [3.63, 3.8) is 0 Å². The summed E-state index contributed by atoms with van der Waals surface area (Å²) >= 11 is 0. The third-order valence-corrected chi connectivity index (χ3v) is 3.22. The van der Waals surface area contributed by atoms with Crippen LogP contribution in [0.5, 0.6) is 0 Å². The first kappa shape index (κ1) is 17.1. The lowest BCUT2D eigenvalue weighted by Gasteiger charge is -2.07. The van der Waals surface area contributed by atoms with Crippen molar-refractivity contribution < 1.29 is 14.6 Å². The van der Waals surface area contributed by atoms with Gasteiger partial charge >= 0.3 is 5.97 Å². The van der Waals surface area contributed by atoms with E-state index in [0.29, 0.717) is 17.3 Å². The molecular weight excluding hydrogens is 310 g/mol. The van der Waals surface area contributed by atoms with Gasteiger partial charge in [0.05, 0.1) is 18.5 Å². The monoisotopic (exact) mass is 329 g/mol. The van der Waals surface area contributed by atoms with E-state index in [1.807, 2.05) is 13.0 Å². The number of aromatic carboxylic acids is 1. The third-order valence-electron chi connectivity index (χ3n) is 3.22. The Kier molecular flexibility index (Phi) is 5.20. The molecular formula is C16H19N5O3. The summed E-state index contributed by atoms with van der Waals surface area (Å²) < 4.78 is 6.40. The molecule has 0 saturated carbocycles. The van der Waals surface area contributed by atoms with Gasteiger partial charge < -0.3 is 20.9 Å². The van der Waals surface area contributed by atoms with Crippen LogP contribution in [0.3, 0.4) is 0 Å². The van der Waals surface area contributed by atoms with Gasteiger partial charge in [-0.25, -0.2) is 9.48 Å². The zero-order valence-corrected chi connectivity index (χ0v) is 13.6. The molecule has 2 heterocycles. The number of methoxy groups -OCH3 is 1. The zero-order valence-electron chi connectivity index (χ0n) is 13.6. The second-order valence-corrected chi connectivity index (χ2v) is 4.93. The smallest absolute Gasteiger partial charge is 0.356 e. The molecule has 0 unspecified atom stereocenters. The van der Waals surface area contributed by atoms with Crippen LogP contribution in [-0.2, 0) is 4.74 Å². The molecule has 8 heteroatoms. The van der Waals surface area contributed by atoms with E-state index in [4.69, 9.17) is 10.5 Å². The molecule has 2 aromatic heterocycles. The number of aromatic nitrogens is 3. The number of hydrogen-bond acceptors (Lipinski definition) is 6. The lowest BCUT2D eigenvalue weighted by Crippen LogP contribution is -2.12. The molecule has 0 saturated heterocycles. The average molecular weight is 329 g/mol. The number of allylic oxidation sites excluding steroid dienone is 2. The number of aryl methyl sites for hydroxylation is 1. The molecule has 126 valence electrons. The number of ether oxygens (including phenoxy) is 1. The lowest BCUT2D eigenvalue weighted by atomic mass is 10.2. The summed E-state index contributed by atoms with van der Waals surface area (Å²) in [5.41, 5.74) is 7.98. The largest absolute Gasteiger partial charge is 0.483 e. The van der Waals surface area contributed by atoms with Crippen molar-refractivity contribution in [2.24, 2.45) is 5.73 Å². The van der Waals surface area contributed by atoms with Gasteiger partial charge in [0.15, 0.2) is 11.6 Å². The summed E-state index contributed by atoms with van der Waals surface area (Å²) in [7, 11) is 3.22. The van der Waals surface area contributed by atoms with Gasteiger partial charge in [-0.2, -0.15) is 5.10 Å². The number of nitrogens with two attached hydrogens (primary N) is 1. The van der Waals surface area contributed by atoms with Gasteiger partial charge in [-0.3, -0.25) is 4.98 Å². The summed E-state index contributed by atoms with van der Waals surface area (Å²) in [5, 5.41) is 16.1. The zero-order chi connectivity index (χ0) is 17.7. The third kappa shape index (κ3) is 3.72. The maximum absolute atomic E-state index is 11.2. The number of hydrogen-bond donors (Lipinski definition) is 3. The van der Waals surface area contributed by atoms with Gasteiger partial charge in [0.25, 0.3) is 0 Å². The molecule has 0 bridgehead atoms. The molecule has 0 fully saturated rings. The average Bonchev–Trinajstić information content (AvgIpc) is 3.02. The highest BCUT2D eigenvalue weighted by molar-refractivity contribution is 5.87. The predicted molar refractivity (Wildman–Crippen MR) is 89.8 cm³/mol. The molecule has 8 nitrogen and oxygen atoms in total. The number of rotatable bonds is 6. The maximum atomic E-state index is 11.2. The van der Waals surface area contributed by atoms with Gasteiger partial charge in [0.2, 0.25) is 0 Å². The number of nitrogens with zero attached hydrogens (tertiary/aromatic N) is 3. The minimum Gasteiger partial charge on any atom is -0.483 e. The van der Waals surface area contributed by atoms with Crippen molar-refractivity contribution in [2.45, 2.75) is 6.92 Å². The van der Waals surface area contributed by atoms with E-state index < -0.39 is 5.97 Å². The van der Waals surface area contributed by atoms with Gasteiger partial charge in [-0.05, 0) is 24.6 Å². The van der Waals surface area contributed by atoms with E-state index in [2.05, 4.69) is 15.4 Å². The number of pyridine rings is 1. The number of carbonyl (C=O) groups is 1. The molecule has 0 aromatic carbocycles. The molecule has 0 atom stereocenters. The van der Waals surface area contributed by atoms with Crippen LogP contribution in [0.4, 0.5) is 0 Å². The highest BCUT2D eigenvalue weighted by Gasteiger charge is 2.16. The molecule has 24 heavy (non-hydrogen) atoms. The van der Waals surface area contributed by atoms with Crippen molar-refractivity contribution in [1.29, 1.82) is 0 Å². The standard InChI is InChI=1S/C16H19N5O3/c1-10-4-5-11(19-9-10)13-8-12(16(22)23)20-21(13)14(17)6-7-15(18-2)24-3/h4-9,18H,17H2,1-3H3,(H,22,23)/b14-6+,15-7+. The Morgan fingerprint density at radius 1 is 1.42 bits per heavy atom. The lowest BCUT2D eigenvalue weighted by molar-refractivity contribution is 0.0690. The molecule has 0 amide bonds. The Bertz CT molecular complexity index is 785. The fourth-order valence-corrected chi connectivity index (χ4v) is 1.97. The summed E-state index contributed by atoms with van der Waals surface area (Å²) in [5.74, 6) is -0.415. The molecule has 0 aliphatic rings. The van der Waals surface area contributed by atoms with E-state index in [-0.39, 0.29) is 11.5 Å². The van der Waals surface area contributed by atoms with Gasteiger partial charge in [-0.15, -0.1) is 0 Å². The summed E-state index contributed by atoms with van der Waals surface area (Å²) in [6.07, 6.45) is 4.87. The predicted octanol–water partition coefficient (Wildman–Crippen LogP) is 1.42. The highest BCUT2D eigenvalue weighted by atomic mass is 16.5. The normalized spacial score (nSPS) is 12.1.